The molecule has 2 aliphatic heterocycles. The number of aromatic amines is 2. The molecule has 5 atom stereocenters. The maximum atomic E-state index is 14.0. The summed E-state index contributed by atoms with van der Waals surface area (Å²) >= 11 is 0. The molecule has 60 heavy (non-hydrogen) atoms. The zero-order valence-corrected chi connectivity index (χ0v) is 37.1. The first-order valence-electron chi connectivity index (χ1n) is 21.0. The summed E-state index contributed by atoms with van der Waals surface area (Å²) in [5, 5.41) is 7.57. The first kappa shape index (κ1) is 42.4. The Labute approximate surface area is 352 Å². The number of hydrogen-bond donors (Lipinski definition) is 4. The van der Waals surface area contributed by atoms with Gasteiger partial charge in [-0.3, -0.25) is 9.59 Å². The molecule has 4 heterocycles. The lowest BCUT2D eigenvalue weighted by Crippen LogP contribution is -2.52. The van der Waals surface area contributed by atoms with E-state index >= 15 is 0 Å². The van der Waals surface area contributed by atoms with Gasteiger partial charge in [-0.15, -0.1) is 0 Å². The third-order valence-corrected chi connectivity index (χ3v) is 15.0. The molecule has 15 heteroatoms. The molecule has 2 aliphatic rings. The van der Waals surface area contributed by atoms with Gasteiger partial charge < -0.3 is 39.9 Å². The number of alkyl carbamates (subject to hydrolysis) is 2. The van der Waals surface area contributed by atoms with E-state index in [-0.39, 0.29) is 35.7 Å². The number of hydrogen-bond acceptors (Lipinski definition) is 8. The third kappa shape index (κ3) is 8.49. The lowest BCUT2D eigenvalue weighted by Gasteiger charge is -2.30. The van der Waals surface area contributed by atoms with Gasteiger partial charge in [0.05, 0.1) is 57.3 Å². The van der Waals surface area contributed by atoms with Crippen LogP contribution < -0.4 is 10.6 Å². The molecule has 5 unspecified atom stereocenters. The number of nitrogens with zero attached hydrogens (tertiary/aromatic N) is 4. The van der Waals surface area contributed by atoms with Crippen molar-refractivity contribution in [2.75, 3.05) is 26.9 Å². The summed E-state index contributed by atoms with van der Waals surface area (Å²) in [6.45, 7) is 15.0. The van der Waals surface area contributed by atoms with Crippen LogP contribution in [0, 0.1) is 17.8 Å². The Bertz CT molecular complexity index is 2390. The van der Waals surface area contributed by atoms with Crippen LogP contribution in [0.15, 0.2) is 60.8 Å². The van der Waals surface area contributed by atoms with E-state index in [9.17, 15) is 19.2 Å². The molecule has 4 N–H and O–H groups in total. The van der Waals surface area contributed by atoms with Crippen molar-refractivity contribution in [1.82, 2.24) is 40.4 Å². The molecule has 2 fully saturated rings. The summed E-state index contributed by atoms with van der Waals surface area (Å²) in [7, 11) is 0.825. The molecule has 0 saturated carbocycles. The first-order chi connectivity index (χ1) is 28.6. The predicted molar refractivity (Wildman–Crippen MR) is 235 cm³/mol. The monoisotopic (exact) mass is 834 g/mol. The molecule has 0 spiro atoms. The van der Waals surface area contributed by atoms with Gasteiger partial charge >= 0.3 is 12.2 Å². The highest BCUT2D eigenvalue weighted by Crippen LogP contribution is 2.40. The Morgan fingerprint density at radius 2 is 1.42 bits per heavy atom. The molecule has 2 aromatic heterocycles. The van der Waals surface area contributed by atoms with E-state index in [2.05, 4.69) is 95.2 Å². The number of fused-ring (bicyclic) bond motifs is 3. The quantitative estimate of drug-likeness (QED) is 0.0970. The predicted octanol–water partition coefficient (Wildman–Crippen LogP) is 7.96. The number of methoxy groups -OCH3 is 2. The Morgan fingerprint density at radius 3 is 2.03 bits per heavy atom. The molecule has 5 aromatic rings. The van der Waals surface area contributed by atoms with Gasteiger partial charge in [-0.25, -0.2) is 19.6 Å². The molecule has 14 nitrogen and oxygen atoms in total. The van der Waals surface area contributed by atoms with E-state index in [1.807, 2.05) is 43.7 Å². The van der Waals surface area contributed by atoms with Gasteiger partial charge in [-0.2, -0.15) is 0 Å². The number of carbonyl (C=O) groups is 4. The Balaban J connectivity index is 1.10. The fourth-order valence-corrected chi connectivity index (χ4v) is 11.8. The van der Waals surface area contributed by atoms with Crippen molar-refractivity contribution in [3.8, 4) is 22.4 Å². The number of ether oxygens (including phenoxy) is 2. The van der Waals surface area contributed by atoms with Crippen molar-refractivity contribution in [3.05, 3.63) is 72.4 Å². The molecule has 0 radical (unpaired) electrons. The number of imidazole rings is 2. The second-order valence-electron chi connectivity index (χ2n) is 17.9. The lowest BCUT2D eigenvalue weighted by molar-refractivity contribution is -0.136. The zero-order chi connectivity index (χ0) is 43.0. The van der Waals surface area contributed by atoms with Crippen molar-refractivity contribution in [2.45, 2.75) is 90.8 Å². The van der Waals surface area contributed by atoms with E-state index in [0.717, 1.165) is 74.7 Å². The van der Waals surface area contributed by atoms with Crippen LogP contribution in [0.2, 0.25) is 19.1 Å². The van der Waals surface area contributed by atoms with Gasteiger partial charge in [0.25, 0.3) is 0 Å². The second-order valence-corrected chi connectivity index (χ2v) is 22.9. The van der Waals surface area contributed by atoms with Crippen LogP contribution >= 0.6 is 0 Å². The fraction of sp³-hybridized carbons (Fsp3) is 0.467. The van der Waals surface area contributed by atoms with Gasteiger partial charge in [0.2, 0.25) is 11.8 Å². The molecule has 2 saturated heterocycles. The van der Waals surface area contributed by atoms with Crippen molar-refractivity contribution in [1.29, 1.82) is 0 Å². The average molecular weight is 835 g/mol. The van der Waals surface area contributed by atoms with Crippen LogP contribution in [0.4, 0.5) is 9.59 Å². The Hall–Kier alpha value is -5.70. The second kappa shape index (κ2) is 17.1. The summed E-state index contributed by atoms with van der Waals surface area (Å²) in [5.41, 5.74) is 5.74. The highest BCUT2D eigenvalue weighted by molar-refractivity contribution is 6.78. The molecule has 0 aliphatic carbocycles. The molecular formula is C45H58N8O6Si. The maximum absolute atomic E-state index is 14.0. The number of H-pyrrole nitrogens is 2. The molecule has 7 rings (SSSR count). The minimum absolute atomic E-state index is 0.115. The van der Waals surface area contributed by atoms with Gasteiger partial charge in [-0.1, -0.05) is 96.6 Å². The highest BCUT2D eigenvalue weighted by Gasteiger charge is 2.46. The smallest absolute Gasteiger partial charge is 0.407 e. The normalized spacial score (nSPS) is 19.9. The number of likely N-dealkylation sites (tertiary alicyclic amines) is 1. The fourth-order valence-electron chi connectivity index (χ4n) is 8.88. The maximum Gasteiger partial charge on any atom is 0.407 e. The minimum atomic E-state index is -1.78. The van der Waals surface area contributed by atoms with Crippen LogP contribution in [0.5, 0.6) is 0 Å². The first-order valence-corrected chi connectivity index (χ1v) is 24.4. The average Bonchev–Trinajstić information content (AvgIpc) is 4.05. The van der Waals surface area contributed by atoms with Gasteiger partial charge in [0.15, 0.2) is 0 Å². The number of carbonyl (C=O) groups excluding carboxylic acids is 4. The van der Waals surface area contributed by atoms with Crippen LogP contribution in [0.3, 0.4) is 0 Å². The Kier molecular flexibility index (Phi) is 12.1. The molecule has 0 bridgehead atoms. The van der Waals surface area contributed by atoms with E-state index in [1.54, 1.807) is 0 Å². The lowest BCUT2D eigenvalue weighted by atomic mass is 9.99. The molecular weight excluding hydrogens is 777 g/mol. The molecule has 3 aromatic carbocycles. The summed E-state index contributed by atoms with van der Waals surface area (Å²) in [6, 6.07) is 17.9. The van der Waals surface area contributed by atoms with Crippen LogP contribution in [0.1, 0.15) is 71.2 Å². The van der Waals surface area contributed by atoms with Crippen molar-refractivity contribution >= 4 is 53.9 Å². The van der Waals surface area contributed by atoms with Gasteiger partial charge in [-0.05, 0) is 64.4 Å². The van der Waals surface area contributed by atoms with E-state index in [1.165, 1.54) is 14.2 Å². The van der Waals surface area contributed by atoms with Crippen molar-refractivity contribution < 1.29 is 28.7 Å². The third-order valence-electron chi connectivity index (χ3n) is 12.3. The summed E-state index contributed by atoms with van der Waals surface area (Å²) in [4.78, 5) is 72.8. The number of amides is 4. The van der Waals surface area contributed by atoms with Gasteiger partial charge in [0, 0.05) is 18.1 Å². The van der Waals surface area contributed by atoms with E-state index in [0.29, 0.717) is 18.6 Å². The number of nitrogens with one attached hydrogen (secondary N) is 4. The zero-order valence-electron chi connectivity index (χ0n) is 36.1. The topological polar surface area (TPSA) is 175 Å². The van der Waals surface area contributed by atoms with E-state index < -0.39 is 32.3 Å². The largest absolute Gasteiger partial charge is 0.453 e. The minimum Gasteiger partial charge on any atom is -0.453 e. The van der Waals surface area contributed by atoms with Crippen LogP contribution in [-0.2, 0) is 19.1 Å². The number of aromatic nitrogens is 4. The molecule has 4 amide bonds. The Morgan fingerprint density at radius 1 is 0.800 bits per heavy atom. The van der Waals surface area contributed by atoms with Crippen molar-refractivity contribution in [2.24, 2.45) is 17.8 Å². The number of benzene rings is 3. The van der Waals surface area contributed by atoms with E-state index in [4.69, 9.17) is 19.4 Å². The summed E-state index contributed by atoms with van der Waals surface area (Å²) in [6.07, 6.45) is 2.99. The van der Waals surface area contributed by atoms with Crippen LogP contribution in [-0.4, -0.2) is 101 Å². The van der Waals surface area contributed by atoms with Crippen LogP contribution in [0.25, 0.3) is 44.2 Å². The standard InChI is InChI=1S/C45H58N8O6Si/c1-10-27-19-35(52(22-27)42(54)37(25(2)3)50-44(56)58-6)40-46-21-34(48-40)29-13-11-28(12-14-29)30-15-17-32-31(20-30)16-18-33-39(32)49-41(47-33)36-23-60(8,9)24-53(36)43(55)38(26(4)5)51-45(57)59-7/h11-18,20-21,25-27,35-38H,10,19,22-24H2,1-9H3,(H,46,48)(H,47,49)(H,50,56)(H,51,57). The number of rotatable bonds is 11. The summed E-state index contributed by atoms with van der Waals surface area (Å²) < 4.78 is 9.64. The SMILES string of the molecule is CCC1CC(c2ncc(-c3ccc(-c4ccc5c(ccc6[nH]c(C7C[Si](C)(C)CN7C(=O)C(NC(=O)OC)C(C)C)nc65)c4)cc3)[nH]2)N(C(=O)C(NC(=O)OC)C(C)C)C1. The van der Waals surface area contributed by atoms with Crippen molar-refractivity contribution in [3.63, 3.8) is 0 Å². The highest BCUT2D eigenvalue weighted by atomic mass is 28.3. The van der Waals surface area contributed by atoms with Gasteiger partial charge in [0.1, 0.15) is 23.7 Å². The summed E-state index contributed by atoms with van der Waals surface area (Å²) in [5.74, 6) is 1.34. The molecule has 318 valence electrons.